The third kappa shape index (κ3) is 3.42. The van der Waals surface area contributed by atoms with E-state index in [0.29, 0.717) is 0 Å². The number of benzene rings is 1. The smallest absolute Gasteiger partial charge is 0.335 e. The van der Waals surface area contributed by atoms with E-state index in [1.54, 1.807) is 21.0 Å². The first-order chi connectivity index (χ1) is 10.6. The number of aromatic carboxylic acids is 1. The third-order valence-electron chi connectivity index (χ3n) is 3.06. The Kier molecular flexibility index (Phi) is 4.28. The van der Waals surface area contributed by atoms with Crippen LogP contribution in [-0.2, 0) is 14.8 Å². The predicted molar refractivity (Wildman–Crippen MR) is 84.5 cm³/mol. The predicted octanol–water partition coefficient (Wildman–Crippen LogP) is 0.416. The molecule has 1 amide bonds. The first kappa shape index (κ1) is 16.7. The fraction of sp³-hybridized carbons (Fsp3) is 0.308. The first-order valence-corrected chi connectivity index (χ1v) is 8.01. The summed E-state index contributed by atoms with van der Waals surface area (Å²) in [6, 6.07) is 1.55. The lowest BCUT2D eigenvalue weighted by Gasteiger charge is -2.26. The summed E-state index contributed by atoms with van der Waals surface area (Å²) < 4.78 is 28.3. The van der Waals surface area contributed by atoms with E-state index < -0.39 is 22.0 Å². The Morgan fingerprint density at radius 1 is 1.39 bits per heavy atom. The van der Waals surface area contributed by atoms with E-state index in [2.05, 4.69) is 15.0 Å². The largest absolute Gasteiger partial charge is 0.478 e. The highest BCUT2D eigenvalue weighted by molar-refractivity contribution is 7.90. The molecule has 10 heteroatoms. The maximum absolute atomic E-state index is 12.4. The molecule has 1 aliphatic heterocycles. The molecule has 1 heterocycles. The van der Waals surface area contributed by atoms with Crippen molar-refractivity contribution in [3.05, 3.63) is 17.7 Å². The summed E-state index contributed by atoms with van der Waals surface area (Å²) in [7, 11) is -0.943. The quantitative estimate of drug-likeness (QED) is 0.535. The van der Waals surface area contributed by atoms with Crippen LogP contribution in [0.15, 0.2) is 21.4 Å². The monoisotopic (exact) mass is 340 g/mol. The summed E-state index contributed by atoms with van der Waals surface area (Å²) >= 11 is 0. The van der Waals surface area contributed by atoms with E-state index in [-0.39, 0.29) is 27.7 Å². The number of anilines is 2. The van der Waals surface area contributed by atoms with Gasteiger partial charge in [-0.1, -0.05) is 0 Å². The molecule has 0 unspecified atom stereocenters. The molecule has 23 heavy (non-hydrogen) atoms. The van der Waals surface area contributed by atoms with Crippen LogP contribution in [0, 0.1) is 0 Å². The molecule has 0 saturated carbocycles. The number of hydrogen-bond acceptors (Lipinski definition) is 5. The Labute approximate surface area is 133 Å². The molecule has 0 fully saturated rings. The van der Waals surface area contributed by atoms with Gasteiger partial charge in [-0.3, -0.25) is 4.79 Å². The zero-order chi connectivity index (χ0) is 17.4. The number of carbonyl (C=O) groups excluding carboxylic acids is 1. The van der Waals surface area contributed by atoms with Gasteiger partial charge < -0.3 is 20.6 Å². The second kappa shape index (κ2) is 5.88. The summed E-state index contributed by atoms with van der Waals surface area (Å²) in [5.41, 5.74) is -0.0522. The molecule has 0 spiro atoms. The number of fused-ring (bicyclic) bond motifs is 1. The molecule has 0 aromatic heterocycles. The van der Waals surface area contributed by atoms with Crippen LogP contribution in [0.3, 0.4) is 0 Å². The van der Waals surface area contributed by atoms with Gasteiger partial charge in [-0.2, -0.15) is 8.42 Å². The van der Waals surface area contributed by atoms with Gasteiger partial charge >= 0.3 is 5.97 Å². The van der Waals surface area contributed by atoms with Gasteiger partial charge in [-0.25, -0.2) is 4.79 Å². The lowest BCUT2D eigenvalue weighted by atomic mass is 10.1. The normalized spacial score (nSPS) is 17.3. The van der Waals surface area contributed by atoms with Gasteiger partial charge in [0.1, 0.15) is 17.3 Å². The van der Waals surface area contributed by atoms with Crippen molar-refractivity contribution >= 4 is 39.6 Å². The van der Waals surface area contributed by atoms with Crippen LogP contribution in [0.4, 0.5) is 11.4 Å². The molecule has 1 aromatic rings. The number of amides is 1. The number of carbonyl (C=O) groups is 2. The highest BCUT2D eigenvalue weighted by atomic mass is 32.2. The second-order valence-corrected chi connectivity index (χ2v) is 6.82. The molecule has 0 bridgehead atoms. The minimum absolute atomic E-state index is 0.0895. The lowest BCUT2D eigenvalue weighted by molar-refractivity contribution is -0.116. The van der Waals surface area contributed by atoms with Crippen LogP contribution >= 0.6 is 0 Å². The van der Waals surface area contributed by atoms with Gasteiger partial charge in [-0.05, 0) is 19.1 Å². The van der Waals surface area contributed by atoms with Crippen LogP contribution in [0.1, 0.15) is 17.3 Å². The number of nitrogens with one attached hydrogen (secondary N) is 2. The number of carboxylic acids is 1. The Balaban J connectivity index is 2.67. The molecule has 1 aliphatic rings. The van der Waals surface area contributed by atoms with Gasteiger partial charge in [-0.15, -0.1) is 4.40 Å². The van der Waals surface area contributed by atoms with Crippen molar-refractivity contribution in [3.8, 4) is 0 Å². The highest BCUT2D eigenvalue weighted by Gasteiger charge is 2.30. The molecule has 3 N–H and O–H groups in total. The van der Waals surface area contributed by atoms with Crippen LogP contribution < -0.4 is 10.6 Å². The van der Waals surface area contributed by atoms with Crippen LogP contribution in [0.5, 0.6) is 0 Å². The summed E-state index contributed by atoms with van der Waals surface area (Å²) in [6.07, 6.45) is 1.10. The van der Waals surface area contributed by atoms with Gasteiger partial charge in [0.05, 0.1) is 16.9 Å². The Hall–Kier alpha value is -2.62. The van der Waals surface area contributed by atoms with Crippen molar-refractivity contribution in [2.45, 2.75) is 17.9 Å². The Morgan fingerprint density at radius 3 is 2.61 bits per heavy atom. The molecule has 1 atom stereocenters. The van der Waals surface area contributed by atoms with E-state index in [1.165, 1.54) is 11.0 Å². The summed E-state index contributed by atoms with van der Waals surface area (Å²) in [5, 5.41) is 14.4. The first-order valence-electron chi connectivity index (χ1n) is 6.57. The van der Waals surface area contributed by atoms with Gasteiger partial charge in [0.2, 0.25) is 5.91 Å². The van der Waals surface area contributed by atoms with E-state index in [1.807, 2.05) is 0 Å². The minimum Gasteiger partial charge on any atom is -0.478 e. The molecule has 0 radical (unpaired) electrons. The standard InChI is InChI=1S/C13H16N4O5S/c1-7-12(18)16-9-4-8(13(19)20)5-10(11(9)15-7)23(21,22)14-6-17(2)3/h4-7,15H,1-3H3,(H,16,18)(H,19,20)/b14-6+/t7-/m0/s1. The number of hydrogen-bond donors (Lipinski definition) is 3. The van der Waals surface area contributed by atoms with Crippen molar-refractivity contribution in [3.63, 3.8) is 0 Å². The molecule has 0 saturated heterocycles. The summed E-state index contributed by atoms with van der Waals surface area (Å²) in [5.74, 6) is -1.70. The molecular weight excluding hydrogens is 324 g/mol. The third-order valence-corrected chi connectivity index (χ3v) is 4.31. The van der Waals surface area contributed by atoms with Crippen LogP contribution in [-0.4, -0.2) is 56.8 Å². The van der Waals surface area contributed by atoms with Crippen molar-refractivity contribution in [2.75, 3.05) is 24.7 Å². The number of sulfonamides is 1. The van der Waals surface area contributed by atoms with Gasteiger partial charge in [0, 0.05) is 14.1 Å². The van der Waals surface area contributed by atoms with E-state index >= 15 is 0 Å². The zero-order valence-electron chi connectivity index (χ0n) is 12.7. The SMILES string of the molecule is C[C@@H]1Nc2c(cc(C(=O)O)cc2S(=O)(=O)/N=C/N(C)C)NC1=O. The highest BCUT2D eigenvalue weighted by Crippen LogP contribution is 2.35. The average molecular weight is 340 g/mol. The minimum atomic E-state index is -4.14. The van der Waals surface area contributed by atoms with E-state index in [9.17, 15) is 18.0 Å². The number of rotatable bonds is 4. The van der Waals surface area contributed by atoms with Crippen molar-refractivity contribution in [1.29, 1.82) is 0 Å². The summed E-state index contributed by atoms with van der Waals surface area (Å²) in [6.45, 7) is 1.56. The fourth-order valence-corrected chi connectivity index (χ4v) is 3.05. The molecule has 124 valence electrons. The second-order valence-electron chi connectivity index (χ2n) is 5.22. The zero-order valence-corrected chi connectivity index (χ0v) is 13.5. The van der Waals surface area contributed by atoms with E-state index in [0.717, 1.165) is 12.4 Å². The topological polar surface area (TPSA) is 128 Å². The van der Waals surface area contributed by atoms with Gasteiger partial charge in [0.15, 0.2) is 0 Å². The summed E-state index contributed by atoms with van der Waals surface area (Å²) in [4.78, 5) is 24.0. The Morgan fingerprint density at radius 2 is 2.04 bits per heavy atom. The Bertz CT molecular complexity index is 801. The van der Waals surface area contributed by atoms with Crippen LogP contribution in [0.25, 0.3) is 0 Å². The average Bonchev–Trinajstić information content (AvgIpc) is 2.45. The van der Waals surface area contributed by atoms with E-state index in [4.69, 9.17) is 5.11 Å². The molecule has 2 rings (SSSR count). The lowest BCUT2D eigenvalue weighted by Crippen LogP contribution is -2.37. The van der Waals surface area contributed by atoms with Crippen LogP contribution in [0.2, 0.25) is 0 Å². The maximum atomic E-state index is 12.4. The molecule has 9 nitrogen and oxygen atoms in total. The molecule has 0 aliphatic carbocycles. The number of carboxylic acid groups (broad SMARTS) is 1. The van der Waals surface area contributed by atoms with Crippen molar-refractivity contribution < 1.29 is 23.1 Å². The van der Waals surface area contributed by atoms with Gasteiger partial charge in [0.25, 0.3) is 10.0 Å². The van der Waals surface area contributed by atoms with Crippen molar-refractivity contribution in [1.82, 2.24) is 4.90 Å². The maximum Gasteiger partial charge on any atom is 0.335 e. The fourth-order valence-electron chi connectivity index (χ4n) is 1.93. The molecule has 1 aromatic carbocycles. The molecular formula is C13H16N4O5S. The number of nitrogens with zero attached hydrogens (tertiary/aromatic N) is 2. The van der Waals surface area contributed by atoms with Crippen molar-refractivity contribution in [2.24, 2.45) is 4.40 Å².